The van der Waals surface area contributed by atoms with Gasteiger partial charge in [-0.25, -0.2) is 4.98 Å². The normalized spacial score (nSPS) is 26.0. The third kappa shape index (κ3) is 3.78. The van der Waals surface area contributed by atoms with Gasteiger partial charge in [-0.05, 0) is 43.2 Å². The SMILES string of the molecule is Cn1nc(NC(=O)c2ccc(F)nc2NC2CC3(CC(N)C3)C2)cc1C(F)(F)F. The van der Waals surface area contributed by atoms with Crippen molar-refractivity contribution < 1.29 is 22.4 Å². The lowest BCUT2D eigenvalue weighted by Gasteiger charge is -2.57. The van der Waals surface area contributed by atoms with Crippen LogP contribution in [0.5, 0.6) is 0 Å². The van der Waals surface area contributed by atoms with E-state index in [9.17, 15) is 22.4 Å². The molecule has 11 heteroatoms. The molecule has 0 bridgehead atoms. The lowest BCUT2D eigenvalue weighted by Crippen LogP contribution is -2.57. The molecule has 2 aromatic heterocycles. The molecule has 156 valence electrons. The number of rotatable bonds is 4. The average Bonchev–Trinajstić information content (AvgIpc) is 2.92. The fourth-order valence-electron chi connectivity index (χ4n) is 4.37. The number of aromatic nitrogens is 3. The van der Waals surface area contributed by atoms with Crippen molar-refractivity contribution in [2.24, 2.45) is 18.2 Å². The summed E-state index contributed by atoms with van der Waals surface area (Å²) in [5, 5.41) is 9.05. The second-order valence-electron chi connectivity index (χ2n) is 7.94. The monoisotopic (exact) mass is 412 g/mol. The van der Waals surface area contributed by atoms with Crippen molar-refractivity contribution >= 4 is 17.5 Å². The van der Waals surface area contributed by atoms with Gasteiger partial charge < -0.3 is 16.4 Å². The molecule has 0 aromatic carbocycles. The van der Waals surface area contributed by atoms with E-state index in [0.717, 1.165) is 44.9 Å². The molecule has 0 atom stereocenters. The van der Waals surface area contributed by atoms with Gasteiger partial charge in [0.1, 0.15) is 11.5 Å². The van der Waals surface area contributed by atoms with Crippen LogP contribution in [0.2, 0.25) is 0 Å². The minimum Gasteiger partial charge on any atom is -0.367 e. The Bertz CT molecular complexity index is 942. The van der Waals surface area contributed by atoms with E-state index < -0.39 is 23.7 Å². The molecule has 0 unspecified atom stereocenters. The topological polar surface area (TPSA) is 97.9 Å². The standard InChI is InChI=1S/C18H20F4N6O/c1-28-12(18(20,21)22)4-14(27-28)26-16(29)11-2-3-13(19)25-15(11)24-10-7-17(8-10)5-9(23)6-17/h2-4,9-10H,5-8,23H2,1H3,(H,24,25)(H,26,27,29). The summed E-state index contributed by atoms with van der Waals surface area (Å²) in [6.07, 6.45) is -0.976. The number of carbonyl (C=O) groups is 1. The summed E-state index contributed by atoms with van der Waals surface area (Å²) in [6.45, 7) is 0. The minimum atomic E-state index is -4.60. The Hall–Kier alpha value is -2.69. The van der Waals surface area contributed by atoms with Crippen LogP contribution in [0.25, 0.3) is 0 Å². The van der Waals surface area contributed by atoms with Gasteiger partial charge in [0.05, 0.1) is 5.56 Å². The number of nitrogens with zero attached hydrogens (tertiary/aromatic N) is 3. The molecule has 0 radical (unpaired) electrons. The number of hydrogen-bond acceptors (Lipinski definition) is 5. The number of pyridine rings is 1. The Morgan fingerprint density at radius 2 is 1.97 bits per heavy atom. The number of alkyl halides is 3. The number of carbonyl (C=O) groups excluding carboxylic acids is 1. The fraction of sp³-hybridized carbons (Fsp3) is 0.500. The van der Waals surface area contributed by atoms with Crippen LogP contribution in [-0.2, 0) is 13.2 Å². The number of aryl methyl sites for hydroxylation is 1. The summed E-state index contributed by atoms with van der Waals surface area (Å²) < 4.78 is 53.0. The number of nitrogens with two attached hydrogens (primary N) is 1. The molecule has 2 aliphatic carbocycles. The number of nitrogens with one attached hydrogen (secondary N) is 2. The zero-order valence-electron chi connectivity index (χ0n) is 15.6. The molecular weight excluding hydrogens is 392 g/mol. The summed E-state index contributed by atoms with van der Waals surface area (Å²) in [6, 6.07) is 3.26. The maximum absolute atomic E-state index is 13.6. The highest BCUT2D eigenvalue weighted by Crippen LogP contribution is 2.55. The van der Waals surface area contributed by atoms with Crippen LogP contribution in [0.1, 0.15) is 41.7 Å². The number of halogens is 4. The fourth-order valence-corrected chi connectivity index (χ4v) is 4.37. The second-order valence-corrected chi connectivity index (χ2v) is 7.94. The molecule has 2 saturated carbocycles. The molecule has 2 aliphatic rings. The lowest BCUT2D eigenvalue weighted by molar-refractivity contribution is -0.143. The second kappa shape index (κ2) is 6.68. The van der Waals surface area contributed by atoms with Gasteiger partial charge in [0.2, 0.25) is 5.95 Å². The largest absolute Gasteiger partial charge is 0.433 e. The molecule has 0 aliphatic heterocycles. The molecule has 1 spiro atoms. The highest BCUT2D eigenvalue weighted by Gasteiger charge is 2.51. The summed E-state index contributed by atoms with van der Waals surface area (Å²) in [5.74, 6) is -1.70. The van der Waals surface area contributed by atoms with Crippen molar-refractivity contribution in [3.63, 3.8) is 0 Å². The van der Waals surface area contributed by atoms with E-state index in [1.807, 2.05) is 0 Å². The predicted molar refractivity (Wildman–Crippen MR) is 96.6 cm³/mol. The third-order valence-corrected chi connectivity index (χ3v) is 5.61. The first kappa shape index (κ1) is 19.6. The van der Waals surface area contributed by atoms with Crippen molar-refractivity contribution in [1.29, 1.82) is 0 Å². The molecule has 4 N–H and O–H groups in total. The molecule has 4 rings (SSSR count). The molecule has 0 saturated heterocycles. The number of anilines is 2. The van der Waals surface area contributed by atoms with Crippen molar-refractivity contribution in [1.82, 2.24) is 14.8 Å². The van der Waals surface area contributed by atoms with Gasteiger partial charge in [0.15, 0.2) is 5.82 Å². The van der Waals surface area contributed by atoms with E-state index in [0.29, 0.717) is 4.68 Å². The molecule has 2 heterocycles. The van der Waals surface area contributed by atoms with Crippen LogP contribution in [0.15, 0.2) is 18.2 Å². The Labute approximate surface area is 163 Å². The average molecular weight is 412 g/mol. The summed E-state index contributed by atoms with van der Waals surface area (Å²) in [5.41, 5.74) is 5.10. The molecule has 1 amide bonds. The Kier molecular flexibility index (Phi) is 4.52. The van der Waals surface area contributed by atoms with Crippen molar-refractivity contribution in [3.05, 3.63) is 35.4 Å². The van der Waals surface area contributed by atoms with Gasteiger partial charge in [-0.1, -0.05) is 0 Å². The van der Waals surface area contributed by atoms with Crippen LogP contribution < -0.4 is 16.4 Å². The predicted octanol–water partition coefficient (Wildman–Crippen LogP) is 2.91. The molecule has 2 fully saturated rings. The van der Waals surface area contributed by atoms with Crippen LogP contribution in [0.4, 0.5) is 29.2 Å². The van der Waals surface area contributed by atoms with Crippen LogP contribution in [0.3, 0.4) is 0 Å². The first-order valence-electron chi connectivity index (χ1n) is 9.16. The quantitative estimate of drug-likeness (QED) is 0.530. The van der Waals surface area contributed by atoms with Gasteiger partial charge in [-0.3, -0.25) is 9.48 Å². The van der Waals surface area contributed by atoms with E-state index >= 15 is 0 Å². The van der Waals surface area contributed by atoms with Gasteiger partial charge in [0.25, 0.3) is 5.91 Å². The summed E-state index contributed by atoms with van der Waals surface area (Å²) >= 11 is 0. The maximum atomic E-state index is 13.6. The molecule has 7 nitrogen and oxygen atoms in total. The Balaban J connectivity index is 1.48. The van der Waals surface area contributed by atoms with Crippen molar-refractivity contribution in [2.75, 3.05) is 10.6 Å². The summed E-state index contributed by atoms with van der Waals surface area (Å²) in [7, 11) is 1.13. The summed E-state index contributed by atoms with van der Waals surface area (Å²) in [4.78, 5) is 16.3. The smallest absolute Gasteiger partial charge is 0.367 e. The maximum Gasteiger partial charge on any atom is 0.433 e. The number of hydrogen-bond donors (Lipinski definition) is 3. The Morgan fingerprint density at radius 3 is 2.55 bits per heavy atom. The van der Waals surface area contributed by atoms with E-state index in [-0.39, 0.29) is 34.7 Å². The van der Waals surface area contributed by atoms with Crippen LogP contribution in [-0.4, -0.2) is 32.8 Å². The van der Waals surface area contributed by atoms with E-state index in [1.54, 1.807) is 0 Å². The highest BCUT2D eigenvalue weighted by atomic mass is 19.4. The van der Waals surface area contributed by atoms with E-state index in [4.69, 9.17) is 5.73 Å². The number of amides is 1. The van der Waals surface area contributed by atoms with Crippen molar-refractivity contribution in [3.8, 4) is 0 Å². The van der Waals surface area contributed by atoms with E-state index in [1.165, 1.54) is 6.07 Å². The van der Waals surface area contributed by atoms with Crippen LogP contribution in [0, 0.1) is 11.4 Å². The van der Waals surface area contributed by atoms with Crippen molar-refractivity contribution in [2.45, 2.75) is 43.9 Å². The zero-order chi connectivity index (χ0) is 21.0. The molecular formula is C18H20F4N6O. The van der Waals surface area contributed by atoms with Gasteiger partial charge in [0, 0.05) is 25.2 Å². The van der Waals surface area contributed by atoms with Gasteiger partial charge in [-0.15, -0.1) is 0 Å². The van der Waals surface area contributed by atoms with Gasteiger partial charge >= 0.3 is 6.18 Å². The third-order valence-electron chi connectivity index (χ3n) is 5.61. The highest BCUT2D eigenvalue weighted by molar-refractivity contribution is 6.07. The Morgan fingerprint density at radius 1 is 1.28 bits per heavy atom. The van der Waals surface area contributed by atoms with Gasteiger partial charge in [-0.2, -0.15) is 22.7 Å². The first-order valence-corrected chi connectivity index (χ1v) is 9.16. The first-order chi connectivity index (χ1) is 13.5. The lowest BCUT2D eigenvalue weighted by atomic mass is 9.52. The van der Waals surface area contributed by atoms with Crippen LogP contribution >= 0.6 is 0 Å². The van der Waals surface area contributed by atoms with E-state index in [2.05, 4.69) is 20.7 Å². The zero-order valence-corrected chi connectivity index (χ0v) is 15.6. The minimum absolute atomic E-state index is 0.0249. The molecule has 2 aromatic rings. The molecule has 29 heavy (non-hydrogen) atoms.